The molecule has 1 aromatic rings. The van der Waals surface area contributed by atoms with Crippen LogP contribution in [-0.2, 0) is 19.8 Å². The van der Waals surface area contributed by atoms with E-state index in [0.29, 0.717) is 17.9 Å². The van der Waals surface area contributed by atoms with Crippen LogP contribution in [0.5, 0.6) is 0 Å². The Morgan fingerprint density at radius 2 is 2.19 bits per heavy atom. The minimum absolute atomic E-state index is 0.0170. The summed E-state index contributed by atoms with van der Waals surface area (Å²) in [5.74, 6) is 1.31. The van der Waals surface area contributed by atoms with E-state index in [1.54, 1.807) is 7.11 Å². The van der Waals surface area contributed by atoms with Gasteiger partial charge in [-0.15, -0.1) is 6.58 Å². The number of nitrogens with zero attached hydrogens (tertiary/aromatic N) is 2. The Bertz CT molecular complexity index is 840. The Labute approximate surface area is 153 Å². The first-order valence-corrected chi connectivity index (χ1v) is 9.55. The van der Waals surface area contributed by atoms with Crippen LogP contribution in [0.2, 0.25) is 0 Å². The number of likely N-dealkylation sites (tertiary alicyclic amines) is 1. The van der Waals surface area contributed by atoms with E-state index in [0.717, 1.165) is 30.8 Å². The lowest BCUT2D eigenvalue weighted by Crippen LogP contribution is -2.63. The molecule has 3 heterocycles. The van der Waals surface area contributed by atoms with Crippen molar-refractivity contribution >= 4 is 11.6 Å². The summed E-state index contributed by atoms with van der Waals surface area (Å²) in [5, 5.41) is 1.50. The Hall–Kier alpha value is -1.69. The standard InChI is InChI=1S/C21H24N2O3/c1-4-20-11-22(2)17-12-10-26-16(9-14(12)20)21(18(17)20)13-7-5-6-8-15(13)23(25-3)19(21)24/h4-8,12,14,16-18H,1,9-11H2,2-3H3/t12-,14?,16?,17+,18-,20-,21-/m0/s1. The SMILES string of the molecule is C=C[C@]12CN(C)[C@@H]3[C@H]4COC(CC41)[C@]1(C(=O)N(OC)c4ccccc41)[C@@H]32. The van der Waals surface area contributed by atoms with Crippen LogP contribution in [0, 0.1) is 23.2 Å². The molecule has 0 N–H and O–H groups in total. The molecule has 1 amide bonds. The van der Waals surface area contributed by atoms with Gasteiger partial charge in [0.25, 0.3) is 5.91 Å². The highest BCUT2D eigenvalue weighted by Gasteiger charge is 2.80. The highest BCUT2D eigenvalue weighted by Crippen LogP contribution is 2.73. The summed E-state index contributed by atoms with van der Waals surface area (Å²) in [4.78, 5) is 21.9. The Kier molecular flexibility index (Phi) is 2.71. The van der Waals surface area contributed by atoms with E-state index < -0.39 is 5.41 Å². The van der Waals surface area contributed by atoms with Crippen molar-refractivity contribution in [2.24, 2.45) is 23.2 Å². The first-order valence-electron chi connectivity index (χ1n) is 9.55. The van der Waals surface area contributed by atoms with Crippen molar-refractivity contribution in [2.45, 2.75) is 24.0 Å². The molecule has 26 heavy (non-hydrogen) atoms. The molecular weight excluding hydrogens is 328 g/mol. The van der Waals surface area contributed by atoms with Crippen molar-refractivity contribution in [3.8, 4) is 0 Å². The molecule has 0 radical (unpaired) electrons. The normalized spacial score (nSPS) is 47.8. The summed E-state index contributed by atoms with van der Waals surface area (Å²) in [6, 6.07) is 8.47. The summed E-state index contributed by atoms with van der Waals surface area (Å²) in [6.07, 6.45) is 3.04. The van der Waals surface area contributed by atoms with E-state index >= 15 is 0 Å². The third-order valence-corrected chi connectivity index (χ3v) is 8.22. The molecule has 2 aliphatic carbocycles. The monoisotopic (exact) mass is 352 g/mol. The number of ether oxygens (including phenoxy) is 1. The number of hydrogen-bond acceptors (Lipinski definition) is 4. The first-order chi connectivity index (χ1) is 12.6. The van der Waals surface area contributed by atoms with Crippen LogP contribution in [-0.4, -0.2) is 50.3 Å². The lowest BCUT2D eigenvalue weighted by Gasteiger charge is -2.54. The van der Waals surface area contributed by atoms with Crippen molar-refractivity contribution in [1.82, 2.24) is 4.90 Å². The van der Waals surface area contributed by atoms with E-state index in [4.69, 9.17) is 9.57 Å². The number of fused-ring (bicyclic) bond motifs is 5. The number of amides is 1. The lowest BCUT2D eigenvalue weighted by atomic mass is 9.51. The molecule has 6 rings (SSSR count). The van der Waals surface area contributed by atoms with Gasteiger partial charge in [-0.05, 0) is 31.0 Å². The Balaban J connectivity index is 1.68. The Morgan fingerprint density at radius 1 is 1.38 bits per heavy atom. The molecule has 5 heteroatoms. The molecular formula is C21H24N2O3. The molecule has 5 bridgehead atoms. The molecule has 2 saturated carbocycles. The zero-order valence-corrected chi connectivity index (χ0v) is 15.2. The molecule has 4 fully saturated rings. The van der Waals surface area contributed by atoms with Gasteiger partial charge in [-0.3, -0.25) is 9.63 Å². The fraction of sp³-hybridized carbons (Fsp3) is 0.571. The second-order valence-corrected chi connectivity index (χ2v) is 8.70. The molecule has 1 spiro atoms. The lowest BCUT2D eigenvalue weighted by molar-refractivity contribution is -0.159. The minimum atomic E-state index is -0.669. The maximum Gasteiger partial charge on any atom is 0.264 e. The van der Waals surface area contributed by atoms with E-state index in [1.165, 1.54) is 5.06 Å². The molecule has 7 atom stereocenters. The minimum Gasteiger partial charge on any atom is -0.376 e. The number of carbonyl (C=O) groups is 1. The summed E-state index contributed by atoms with van der Waals surface area (Å²) in [7, 11) is 3.78. The summed E-state index contributed by atoms with van der Waals surface area (Å²) < 4.78 is 6.39. The fourth-order valence-corrected chi connectivity index (χ4v) is 7.64. The number of piperidine rings is 1. The van der Waals surface area contributed by atoms with Gasteiger partial charge < -0.3 is 9.64 Å². The maximum absolute atomic E-state index is 13.9. The van der Waals surface area contributed by atoms with Gasteiger partial charge in [-0.2, -0.15) is 5.06 Å². The van der Waals surface area contributed by atoms with Crippen molar-refractivity contribution < 1.29 is 14.4 Å². The van der Waals surface area contributed by atoms with Crippen molar-refractivity contribution in [3.05, 3.63) is 42.5 Å². The molecule has 136 valence electrons. The zero-order chi connectivity index (χ0) is 17.8. The summed E-state index contributed by atoms with van der Waals surface area (Å²) >= 11 is 0. The van der Waals surface area contributed by atoms with Crippen LogP contribution in [0.3, 0.4) is 0 Å². The predicted octanol–water partition coefficient (Wildman–Crippen LogP) is 1.98. The second-order valence-electron chi connectivity index (χ2n) is 8.70. The van der Waals surface area contributed by atoms with Gasteiger partial charge in [0.1, 0.15) is 5.41 Å². The molecule has 2 unspecified atom stereocenters. The molecule has 1 aromatic carbocycles. The second kappa shape index (κ2) is 4.58. The van der Waals surface area contributed by atoms with Gasteiger partial charge in [0.2, 0.25) is 0 Å². The average Bonchev–Trinajstić information content (AvgIpc) is 3.13. The smallest absolute Gasteiger partial charge is 0.264 e. The number of carbonyl (C=O) groups excluding carboxylic acids is 1. The molecule has 3 aliphatic heterocycles. The third kappa shape index (κ3) is 1.30. The van der Waals surface area contributed by atoms with Crippen LogP contribution < -0.4 is 5.06 Å². The van der Waals surface area contributed by atoms with Gasteiger partial charge in [0, 0.05) is 29.8 Å². The first kappa shape index (κ1) is 15.4. The number of hydroxylamine groups is 1. The van der Waals surface area contributed by atoms with Crippen molar-refractivity contribution in [2.75, 3.05) is 32.4 Å². The maximum atomic E-state index is 13.9. The van der Waals surface area contributed by atoms with E-state index in [1.807, 2.05) is 18.2 Å². The van der Waals surface area contributed by atoms with E-state index in [2.05, 4.69) is 30.7 Å². The average molecular weight is 352 g/mol. The third-order valence-electron chi connectivity index (χ3n) is 8.22. The van der Waals surface area contributed by atoms with Crippen LogP contribution in [0.15, 0.2) is 36.9 Å². The summed E-state index contributed by atoms with van der Waals surface area (Å²) in [5.41, 5.74) is 1.27. The van der Waals surface area contributed by atoms with Gasteiger partial charge in [0.05, 0.1) is 25.5 Å². The Morgan fingerprint density at radius 3 is 2.96 bits per heavy atom. The fourth-order valence-electron chi connectivity index (χ4n) is 7.64. The zero-order valence-electron chi connectivity index (χ0n) is 15.2. The molecule has 5 aliphatic rings. The van der Waals surface area contributed by atoms with Crippen LogP contribution in [0.4, 0.5) is 5.69 Å². The molecule has 0 aromatic heterocycles. The quantitative estimate of drug-likeness (QED) is 0.764. The molecule has 2 saturated heterocycles. The highest BCUT2D eigenvalue weighted by molar-refractivity contribution is 6.08. The van der Waals surface area contributed by atoms with Gasteiger partial charge in [0.15, 0.2) is 0 Å². The van der Waals surface area contributed by atoms with Crippen molar-refractivity contribution in [1.29, 1.82) is 0 Å². The number of rotatable bonds is 2. The number of anilines is 1. The van der Waals surface area contributed by atoms with Crippen LogP contribution in [0.25, 0.3) is 0 Å². The topological polar surface area (TPSA) is 42.0 Å². The van der Waals surface area contributed by atoms with Gasteiger partial charge >= 0.3 is 0 Å². The van der Waals surface area contributed by atoms with E-state index in [9.17, 15) is 4.79 Å². The number of benzene rings is 1. The van der Waals surface area contributed by atoms with Gasteiger partial charge in [-0.1, -0.05) is 24.3 Å². The number of hydrogen-bond donors (Lipinski definition) is 0. The predicted molar refractivity (Wildman–Crippen MR) is 96.5 cm³/mol. The molecule has 5 nitrogen and oxygen atoms in total. The van der Waals surface area contributed by atoms with Crippen LogP contribution >= 0.6 is 0 Å². The van der Waals surface area contributed by atoms with E-state index in [-0.39, 0.29) is 23.3 Å². The largest absolute Gasteiger partial charge is 0.376 e. The number of para-hydroxylation sites is 1. The summed E-state index contributed by atoms with van der Waals surface area (Å²) in [6.45, 7) is 6.00. The van der Waals surface area contributed by atoms with Crippen LogP contribution in [0.1, 0.15) is 12.0 Å². The highest BCUT2D eigenvalue weighted by atomic mass is 16.7. The van der Waals surface area contributed by atoms with Crippen molar-refractivity contribution in [3.63, 3.8) is 0 Å². The van der Waals surface area contributed by atoms with Gasteiger partial charge in [-0.25, -0.2) is 0 Å².